The van der Waals surface area contributed by atoms with Crippen molar-refractivity contribution in [1.82, 2.24) is 14.9 Å². The number of hydrogen-bond donors (Lipinski definition) is 2. The van der Waals surface area contributed by atoms with E-state index in [0.717, 1.165) is 12.8 Å². The van der Waals surface area contributed by atoms with Crippen molar-refractivity contribution < 1.29 is 8.42 Å². The molecule has 6 heteroatoms. The van der Waals surface area contributed by atoms with Gasteiger partial charge in [-0.1, -0.05) is 26.7 Å². The fraction of sp³-hybridized carbons (Fsp3) is 0.700. The highest BCUT2D eigenvalue weighted by Crippen LogP contribution is 2.12. The summed E-state index contributed by atoms with van der Waals surface area (Å²) in [5, 5.41) is 6.33. The summed E-state index contributed by atoms with van der Waals surface area (Å²) in [6.07, 6.45) is 3.29. The molecule has 1 aromatic rings. The van der Waals surface area contributed by atoms with Crippen molar-refractivity contribution in [2.45, 2.75) is 38.5 Å². The first-order valence-corrected chi connectivity index (χ1v) is 6.99. The molecule has 0 aromatic carbocycles. The molecule has 0 spiro atoms. The third-order valence-electron chi connectivity index (χ3n) is 2.79. The number of sulfonamides is 1. The Morgan fingerprint density at radius 3 is 2.50 bits per heavy atom. The standard InChI is InChI=1S/C10H19N3O2S/c1-4-9(5-2)6-12-16(14,15)10-7-11-13-8(10)3/h7,9,12H,4-6H2,1-3H3,(H,11,13). The Kier molecular flexibility index (Phi) is 4.49. The number of aromatic amines is 1. The van der Waals surface area contributed by atoms with Crippen molar-refractivity contribution in [2.24, 2.45) is 5.92 Å². The van der Waals surface area contributed by atoms with Gasteiger partial charge in [0.05, 0.1) is 11.9 Å². The lowest BCUT2D eigenvalue weighted by Crippen LogP contribution is -2.29. The van der Waals surface area contributed by atoms with Gasteiger partial charge >= 0.3 is 0 Å². The van der Waals surface area contributed by atoms with E-state index in [1.807, 2.05) is 0 Å². The van der Waals surface area contributed by atoms with Crippen molar-refractivity contribution >= 4 is 10.0 Å². The predicted molar refractivity (Wildman–Crippen MR) is 62.6 cm³/mol. The minimum Gasteiger partial charge on any atom is -0.281 e. The van der Waals surface area contributed by atoms with Crippen LogP contribution >= 0.6 is 0 Å². The summed E-state index contributed by atoms with van der Waals surface area (Å²) < 4.78 is 26.4. The monoisotopic (exact) mass is 245 g/mol. The largest absolute Gasteiger partial charge is 0.281 e. The highest BCUT2D eigenvalue weighted by Gasteiger charge is 2.19. The molecular weight excluding hydrogens is 226 g/mol. The van der Waals surface area contributed by atoms with Crippen LogP contribution in [0.25, 0.3) is 0 Å². The fourth-order valence-corrected chi connectivity index (χ4v) is 2.74. The van der Waals surface area contributed by atoms with Crippen LogP contribution in [-0.4, -0.2) is 25.2 Å². The van der Waals surface area contributed by atoms with E-state index in [-0.39, 0.29) is 4.90 Å². The van der Waals surface area contributed by atoms with Gasteiger partial charge in [0.2, 0.25) is 10.0 Å². The van der Waals surface area contributed by atoms with Gasteiger partial charge in [0.25, 0.3) is 0 Å². The maximum absolute atomic E-state index is 11.9. The van der Waals surface area contributed by atoms with Gasteiger partial charge in [0.1, 0.15) is 4.90 Å². The minimum absolute atomic E-state index is 0.235. The van der Waals surface area contributed by atoms with Gasteiger partial charge in [-0.05, 0) is 12.8 Å². The van der Waals surface area contributed by atoms with Crippen molar-refractivity contribution in [3.8, 4) is 0 Å². The van der Waals surface area contributed by atoms with E-state index in [2.05, 4.69) is 28.8 Å². The maximum Gasteiger partial charge on any atom is 0.243 e. The third-order valence-corrected chi connectivity index (χ3v) is 4.33. The number of H-pyrrole nitrogens is 1. The quantitative estimate of drug-likeness (QED) is 0.796. The second kappa shape index (κ2) is 5.45. The zero-order chi connectivity index (χ0) is 12.2. The molecule has 1 rings (SSSR count). The summed E-state index contributed by atoms with van der Waals surface area (Å²) in [5.74, 6) is 0.391. The van der Waals surface area contributed by atoms with Gasteiger partial charge in [-0.25, -0.2) is 13.1 Å². The van der Waals surface area contributed by atoms with E-state index >= 15 is 0 Å². The summed E-state index contributed by atoms with van der Waals surface area (Å²) in [6.45, 7) is 6.30. The Hall–Kier alpha value is -0.880. The molecular formula is C10H19N3O2S. The molecule has 0 saturated carbocycles. The van der Waals surface area contributed by atoms with E-state index in [1.54, 1.807) is 6.92 Å². The van der Waals surface area contributed by atoms with E-state index in [4.69, 9.17) is 0 Å². The van der Waals surface area contributed by atoms with E-state index in [9.17, 15) is 8.42 Å². The number of nitrogens with one attached hydrogen (secondary N) is 2. The number of hydrogen-bond acceptors (Lipinski definition) is 3. The summed E-state index contributed by atoms with van der Waals surface area (Å²) in [5.41, 5.74) is 0.567. The van der Waals surface area contributed by atoms with Crippen molar-refractivity contribution in [1.29, 1.82) is 0 Å². The number of aryl methyl sites for hydroxylation is 1. The molecule has 0 atom stereocenters. The summed E-state index contributed by atoms with van der Waals surface area (Å²) >= 11 is 0. The van der Waals surface area contributed by atoms with E-state index in [1.165, 1.54) is 6.20 Å². The van der Waals surface area contributed by atoms with Crippen LogP contribution in [-0.2, 0) is 10.0 Å². The molecule has 0 unspecified atom stereocenters. The van der Waals surface area contributed by atoms with Gasteiger partial charge in [-0.3, -0.25) is 5.10 Å². The molecule has 0 aliphatic heterocycles. The van der Waals surface area contributed by atoms with Crippen LogP contribution in [0.3, 0.4) is 0 Å². The van der Waals surface area contributed by atoms with Gasteiger partial charge in [-0.15, -0.1) is 0 Å². The van der Waals surface area contributed by atoms with Gasteiger partial charge < -0.3 is 0 Å². The highest BCUT2D eigenvalue weighted by molar-refractivity contribution is 7.89. The van der Waals surface area contributed by atoms with Crippen LogP contribution < -0.4 is 4.72 Å². The molecule has 0 aliphatic rings. The second-order valence-corrected chi connectivity index (χ2v) is 5.63. The molecule has 0 aliphatic carbocycles. The van der Waals surface area contributed by atoms with Crippen LogP contribution in [0.5, 0.6) is 0 Å². The first kappa shape index (κ1) is 13.2. The van der Waals surface area contributed by atoms with Gasteiger partial charge in [0.15, 0.2) is 0 Å². The molecule has 0 amide bonds. The second-order valence-electron chi connectivity index (χ2n) is 3.89. The molecule has 2 N–H and O–H groups in total. The maximum atomic E-state index is 11.9. The first-order chi connectivity index (χ1) is 7.51. The van der Waals surface area contributed by atoms with Crippen molar-refractivity contribution in [3.63, 3.8) is 0 Å². The Labute approximate surface area is 96.7 Å². The van der Waals surface area contributed by atoms with Crippen molar-refractivity contribution in [2.75, 3.05) is 6.54 Å². The molecule has 0 radical (unpaired) electrons. The summed E-state index contributed by atoms with van der Waals surface area (Å²) in [7, 11) is -3.41. The van der Waals surface area contributed by atoms with Crippen LogP contribution in [0.4, 0.5) is 0 Å². The molecule has 0 saturated heterocycles. The predicted octanol–water partition coefficient (Wildman–Crippen LogP) is 1.43. The van der Waals surface area contributed by atoms with Crippen LogP contribution in [0.1, 0.15) is 32.4 Å². The normalized spacial score (nSPS) is 12.2. The Balaban J connectivity index is 2.70. The zero-order valence-electron chi connectivity index (χ0n) is 9.95. The van der Waals surface area contributed by atoms with E-state index in [0.29, 0.717) is 18.2 Å². The molecule has 0 bridgehead atoms. The molecule has 1 aromatic heterocycles. The lowest BCUT2D eigenvalue weighted by Gasteiger charge is -2.13. The first-order valence-electron chi connectivity index (χ1n) is 5.50. The van der Waals surface area contributed by atoms with Crippen molar-refractivity contribution in [3.05, 3.63) is 11.9 Å². The third kappa shape index (κ3) is 3.05. The molecule has 0 fully saturated rings. The Morgan fingerprint density at radius 1 is 1.44 bits per heavy atom. The van der Waals surface area contributed by atoms with Crippen LogP contribution in [0.15, 0.2) is 11.1 Å². The SMILES string of the molecule is CCC(CC)CNS(=O)(=O)c1cn[nH]c1C. The number of nitrogens with zero attached hydrogens (tertiary/aromatic N) is 1. The summed E-state index contributed by atoms with van der Waals surface area (Å²) in [4.78, 5) is 0.235. The Bertz CT molecular complexity index is 421. The minimum atomic E-state index is -3.41. The van der Waals surface area contributed by atoms with Crippen LogP contribution in [0, 0.1) is 12.8 Å². The molecule has 1 heterocycles. The molecule has 16 heavy (non-hydrogen) atoms. The number of aromatic nitrogens is 2. The fourth-order valence-electron chi connectivity index (χ4n) is 1.49. The lowest BCUT2D eigenvalue weighted by atomic mass is 10.0. The molecule has 5 nitrogen and oxygen atoms in total. The topological polar surface area (TPSA) is 74.8 Å². The van der Waals surface area contributed by atoms with Gasteiger partial charge in [0, 0.05) is 6.54 Å². The van der Waals surface area contributed by atoms with E-state index < -0.39 is 10.0 Å². The smallest absolute Gasteiger partial charge is 0.243 e. The summed E-state index contributed by atoms with van der Waals surface area (Å²) in [6, 6.07) is 0. The van der Waals surface area contributed by atoms with Gasteiger partial charge in [-0.2, -0.15) is 5.10 Å². The average molecular weight is 245 g/mol. The zero-order valence-corrected chi connectivity index (χ0v) is 10.8. The Morgan fingerprint density at radius 2 is 2.06 bits per heavy atom. The average Bonchev–Trinajstić information content (AvgIpc) is 2.66. The highest BCUT2D eigenvalue weighted by atomic mass is 32.2. The lowest BCUT2D eigenvalue weighted by molar-refractivity contribution is 0.479. The number of rotatable bonds is 6. The molecule has 92 valence electrons. The van der Waals surface area contributed by atoms with Crippen LogP contribution in [0.2, 0.25) is 0 Å².